The third-order valence-electron chi connectivity index (χ3n) is 6.23. The van der Waals surface area contributed by atoms with Gasteiger partial charge in [0.15, 0.2) is 6.61 Å². The molecule has 2 aromatic carbocycles. The molecule has 2 aliphatic rings. The van der Waals surface area contributed by atoms with Gasteiger partial charge >= 0.3 is 0 Å². The van der Waals surface area contributed by atoms with Gasteiger partial charge in [-0.3, -0.25) is 14.5 Å². The number of piperidine rings is 1. The number of amides is 2. The summed E-state index contributed by atoms with van der Waals surface area (Å²) in [7, 11) is -3.70. The van der Waals surface area contributed by atoms with Crippen molar-refractivity contribution in [1.29, 1.82) is 0 Å². The zero-order valence-electron chi connectivity index (χ0n) is 18.9. The molecule has 8 nitrogen and oxygen atoms in total. The SMILES string of the molecule is CC1CCN(S(=O)(=O)c2ccc3c(c2)N(CC(=O)N[C@@H](C)c2ccccc2)C(=O)CO3)CC1. The number of anilines is 1. The van der Waals surface area contributed by atoms with Gasteiger partial charge in [0.1, 0.15) is 12.3 Å². The normalized spacial score (nSPS) is 18.4. The molecule has 0 aliphatic carbocycles. The molecular weight excluding hydrogens is 442 g/mol. The van der Waals surface area contributed by atoms with E-state index in [2.05, 4.69) is 12.2 Å². The Morgan fingerprint density at radius 3 is 2.55 bits per heavy atom. The Hall–Kier alpha value is -2.91. The molecule has 0 radical (unpaired) electrons. The lowest BCUT2D eigenvalue weighted by atomic mass is 10.0. The molecular formula is C24H29N3O5S. The van der Waals surface area contributed by atoms with Crippen molar-refractivity contribution in [3.05, 3.63) is 54.1 Å². The van der Waals surface area contributed by atoms with Crippen LogP contribution in [0.25, 0.3) is 0 Å². The first kappa shape index (κ1) is 23.3. The van der Waals surface area contributed by atoms with Gasteiger partial charge in [0.2, 0.25) is 15.9 Å². The third-order valence-corrected chi connectivity index (χ3v) is 8.13. The molecule has 176 valence electrons. The van der Waals surface area contributed by atoms with Gasteiger partial charge in [-0.2, -0.15) is 4.31 Å². The fourth-order valence-corrected chi connectivity index (χ4v) is 5.64. The minimum atomic E-state index is -3.70. The van der Waals surface area contributed by atoms with E-state index in [1.54, 1.807) is 6.07 Å². The number of nitrogens with zero attached hydrogens (tertiary/aromatic N) is 2. The molecule has 9 heteroatoms. The summed E-state index contributed by atoms with van der Waals surface area (Å²) < 4.78 is 33.4. The second kappa shape index (κ2) is 9.52. The van der Waals surface area contributed by atoms with Crippen molar-refractivity contribution < 1.29 is 22.7 Å². The second-order valence-electron chi connectivity index (χ2n) is 8.68. The lowest BCUT2D eigenvalue weighted by molar-refractivity contribution is -0.125. The maximum Gasteiger partial charge on any atom is 0.265 e. The Kier molecular flexibility index (Phi) is 6.71. The number of nitrogens with one attached hydrogen (secondary N) is 1. The predicted octanol–water partition coefficient (Wildman–Crippen LogP) is 2.71. The Labute approximate surface area is 194 Å². The van der Waals surface area contributed by atoms with Crippen LogP contribution in [0.2, 0.25) is 0 Å². The Morgan fingerprint density at radius 2 is 1.85 bits per heavy atom. The zero-order chi connectivity index (χ0) is 23.6. The molecule has 33 heavy (non-hydrogen) atoms. The summed E-state index contributed by atoms with van der Waals surface area (Å²) in [4.78, 5) is 26.7. The number of carbonyl (C=O) groups excluding carboxylic acids is 2. The molecule has 2 aliphatic heterocycles. The highest BCUT2D eigenvalue weighted by Crippen LogP contribution is 2.35. The van der Waals surface area contributed by atoms with E-state index >= 15 is 0 Å². The molecule has 0 unspecified atom stereocenters. The molecule has 4 rings (SSSR count). The fraction of sp³-hybridized carbons (Fsp3) is 0.417. The van der Waals surface area contributed by atoms with Crippen molar-refractivity contribution in [2.24, 2.45) is 5.92 Å². The molecule has 1 N–H and O–H groups in total. The summed E-state index contributed by atoms with van der Waals surface area (Å²) in [6, 6.07) is 13.8. The first-order valence-electron chi connectivity index (χ1n) is 11.2. The van der Waals surface area contributed by atoms with E-state index in [9.17, 15) is 18.0 Å². The fourth-order valence-electron chi connectivity index (χ4n) is 4.15. The number of hydrogen-bond acceptors (Lipinski definition) is 5. The maximum absolute atomic E-state index is 13.2. The molecule has 0 bridgehead atoms. The number of carbonyl (C=O) groups is 2. The second-order valence-corrected chi connectivity index (χ2v) is 10.6. The smallest absolute Gasteiger partial charge is 0.265 e. The van der Waals surface area contributed by atoms with E-state index in [-0.39, 0.29) is 30.0 Å². The first-order chi connectivity index (χ1) is 15.8. The van der Waals surface area contributed by atoms with Gasteiger partial charge in [0, 0.05) is 13.1 Å². The van der Waals surface area contributed by atoms with Crippen LogP contribution < -0.4 is 15.0 Å². The molecule has 0 aromatic heterocycles. The molecule has 1 fully saturated rings. The van der Waals surface area contributed by atoms with Crippen LogP contribution in [0, 0.1) is 5.92 Å². The Bertz CT molecular complexity index is 1130. The average molecular weight is 472 g/mol. The number of sulfonamides is 1. The molecule has 0 saturated carbocycles. The van der Waals surface area contributed by atoms with Crippen LogP contribution in [-0.4, -0.2) is 50.8 Å². The molecule has 2 heterocycles. The van der Waals surface area contributed by atoms with Crippen molar-refractivity contribution >= 4 is 27.5 Å². The molecule has 1 saturated heterocycles. The van der Waals surface area contributed by atoms with E-state index in [0.717, 1.165) is 18.4 Å². The highest BCUT2D eigenvalue weighted by atomic mass is 32.2. The number of ether oxygens (including phenoxy) is 1. The monoisotopic (exact) mass is 471 g/mol. The maximum atomic E-state index is 13.2. The van der Waals surface area contributed by atoms with Gasteiger partial charge in [-0.05, 0) is 49.4 Å². The minimum Gasteiger partial charge on any atom is -0.482 e. The molecule has 1 atom stereocenters. The summed E-state index contributed by atoms with van der Waals surface area (Å²) in [6.45, 7) is 4.50. The lowest BCUT2D eigenvalue weighted by Crippen LogP contribution is -2.45. The lowest BCUT2D eigenvalue weighted by Gasteiger charge is -2.31. The standard InChI is InChI=1S/C24H29N3O5S/c1-17-10-12-26(13-11-17)33(30,31)20-8-9-22-21(14-20)27(24(29)16-32-22)15-23(28)25-18(2)19-6-4-3-5-7-19/h3-9,14,17-18H,10-13,15-16H2,1-2H3,(H,25,28)/t18-/m0/s1. The third kappa shape index (κ3) is 5.04. The summed E-state index contributed by atoms with van der Waals surface area (Å²) in [5.41, 5.74) is 1.24. The summed E-state index contributed by atoms with van der Waals surface area (Å²) >= 11 is 0. The van der Waals surface area contributed by atoms with Crippen molar-refractivity contribution in [2.45, 2.75) is 37.6 Å². The van der Waals surface area contributed by atoms with Gasteiger partial charge < -0.3 is 10.1 Å². The van der Waals surface area contributed by atoms with E-state index < -0.39 is 15.9 Å². The highest BCUT2D eigenvalue weighted by molar-refractivity contribution is 7.89. The van der Waals surface area contributed by atoms with E-state index in [1.165, 1.54) is 21.3 Å². The average Bonchev–Trinajstić information content (AvgIpc) is 2.81. The van der Waals surface area contributed by atoms with Gasteiger partial charge in [0.25, 0.3) is 5.91 Å². The first-order valence-corrected chi connectivity index (χ1v) is 12.6. The van der Waals surface area contributed by atoms with Gasteiger partial charge in [-0.15, -0.1) is 0 Å². The van der Waals surface area contributed by atoms with E-state index in [4.69, 9.17) is 4.74 Å². The Morgan fingerprint density at radius 1 is 1.15 bits per heavy atom. The molecule has 2 aromatic rings. The van der Waals surface area contributed by atoms with Crippen LogP contribution in [0.3, 0.4) is 0 Å². The summed E-state index contributed by atoms with van der Waals surface area (Å²) in [5, 5.41) is 2.90. The highest BCUT2D eigenvalue weighted by Gasteiger charge is 2.32. The van der Waals surface area contributed by atoms with Crippen LogP contribution in [0.4, 0.5) is 5.69 Å². The number of hydrogen-bond donors (Lipinski definition) is 1. The minimum absolute atomic E-state index is 0.0946. The van der Waals surface area contributed by atoms with Crippen LogP contribution >= 0.6 is 0 Å². The van der Waals surface area contributed by atoms with Gasteiger partial charge in [0.05, 0.1) is 16.6 Å². The van der Waals surface area contributed by atoms with Gasteiger partial charge in [-0.1, -0.05) is 37.3 Å². The summed E-state index contributed by atoms with van der Waals surface area (Å²) in [5.74, 6) is 0.139. The largest absolute Gasteiger partial charge is 0.482 e. The number of rotatable bonds is 6. The van der Waals surface area contributed by atoms with Crippen molar-refractivity contribution in [2.75, 3.05) is 31.1 Å². The topological polar surface area (TPSA) is 96.0 Å². The predicted molar refractivity (Wildman–Crippen MR) is 124 cm³/mol. The van der Waals surface area contributed by atoms with Crippen LogP contribution in [-0.2, 0) is 19.6 Å². The summed E-state index contributed by atoms with van der Waals surface area (Å²) in [6.07, 6.45) is 1.63. The molecule has 2 amide bonds. The van der Waals surface area contributed by atoms with Crippen molar-refractivity contribution in [3.63, 3.8) is 0 Å². The van der Waals surface area contributed by atoms with Gasteiger partial charge in [-0.25, -0.2) is 8.42 Å². The van der Waals surface area contributed by atoms with E-state index in [0.29, 0.717) is 30.4 Å². The molecule has 0 spiro atoms. The van der Waals surface area contributed by atoms with E-state index in [1.807, 2.05) is 37.3 Å². The Balaban J connectivity index is 1.54. The number of fused-ring (bicyclic) bond motifs is 1. The quantitative estimate of drug-likeness (QED) is 0.699. The van der Waals surface area contributed by atoms with Crippen molar-refractivity contribution in [3.8, 4) is 5.75 Å². The zero-order valence-corrected chi connectivity index (χ0v) is 19.7. The van der Waals surface area contributed by atoms with Crippen LogP contribution in [0.5, 0.6) is 5.75 Å². The van der Waals surface area contributed by atoms with Crippen LogP contribution in [0.15, 0.2) is 53.4 Å². The van der Waals surface area contributed by atoms with Crippen LogP contribution in [0.1, 0.15) is 38.3 Å². The van der Waals surface area contributed by atoms with Crippen molar-refractivity contribution in [1.82, 2.24) is 9.62 Å². The number of benzene rings is 2.